The average Bonchev–Trinajstić information content (AvgIpc) is 2.66. The van der Waals surface area contributed by atoms with Crippen molar-refractivity contribution in [3.8, 4) is 5.75 Å². The van der Waals surface area contributed by atoms with Crippen molar-refractivity contribution < 1.29 is 19.4 Å². The van der Waals surface area contributed by atoms with Crippen LogP contribution in [0.15, 0.2) is 29.4 Å². The molecule has 0 atom stereocenters. The van der Waals surface area contributed by atoms with E-state index in [1.165, 1.54) is 44.9 Å². The third-order valence-electron chi connectivity index (χ3n) is 4.15. The number of amides is 1. The summed E-state index contributed by atoms with van der Waals surface area (Å²) in [5.41, 5.74) is 3.33. The maximum absolute atomic E-state index is 11.7. The molecule has 2 N–H and O–H groups in total. The fraction of sp³-hybridized carbons (Fsp3) is 0.571. The van der Waals surface area contributed by atoms with Crippen molar-refractivity contribution in [2.45, 2.75) is 71.1 Å². The minimum absolute atomic E-state index is 0.0735. The number of unbranched alkanes of at least 4 members (excludes halogenated alkanes) is 8. The third-order valence-corrected chi connectivity index (χ3v) is 4.15. The van der Waals surface area contributed by atoms with Gasteiger partial charge in [0, 0.05) is 6.42 Å². The summed E-state index contributed by atoms with van der Waals surface area (Å²) in [5.74, 6) is -0.616. The predicted octanol–water partition coefficient (Wildman–Crippen LogP) is 4.52. The lowest BCUT2D eigenvalue weighted by Crippen LogP contribution is -2.16. The lowest BCUT2D eigenvalue weighted by Gasteiger charge is -2.03. The number of nitrogens with one attached hydrogen (secondary N) is 1. The monoisotopic (exact) mass is 376 g/mol. The van der Waals surface area contributed by atoms with Gasteiger partial charge >= 0.3 is 5.97 Å². The van der Waals surface area contributed by atoms with Crippen LogP contribution in [-0.2, 0) is 9.59 Å². The maximum atomic E-state index is 11.7. The zero-order valence-corrected chi connectivity index (χ0v) is 16.3. The lowest BCUT2D eigenvalue weighted by atomic mass is 10.1. The molecule has 1 aromatic carbocycles. The van der Waals surface area contributed by atoms with E-state index in [0.717, 1.165) is 18.4 Å². The molecular formula is C21H32N2O4. The van der Waals surface area contributed by atoms with Crippen LogP contribution < -0.4 is 10.2 Å². The van der Waals surface area contributed by atoms with Gasteiger partial charge in [-0.1, -0.05) is 58.3 Å². The van der Waals surface area contributed by atoms with Gasteiger partial charge in [0.25, 0.3) is 0 Å². The number of hydrazone groups is 1. The molecule has 0 saturated carbocycles. The van der Waals surface area contributed by atoms with Crippen LogP contribution in [0, 0.1) is 0 Å². The van der Waals surface area contributed by atoms with Gasteiger partial charge in [-0.15, -0.1) is 0 Å². The number of benzene rings is 1. The van der Waals surface area contributed by atoms with Crippen LogP contribution in [0.2, 0.25) is 0 Å². The standard InChI is InChI=1S/C21H32N2O4/c1-2-3-4-5-6-7-8-9-10-11-20(24)23-22-16-18-12-14-19(15-13-18)27-17-21(25)26/h12-16H,2-11,17H2,1H3,(H,23,24)(H,25,26)/b22-16+. The Morgan fingerprint density at radius 2 is 1.59 bits per heavy atom. The molecule has 1 rings (SSSR count). The second kappa shape index (κ2) is 14.8. The fourth-order valence-electron chi connectivity index (χ4n) is 2.63. The first kappa shape index (κ1) is 22.7. The minimum Gasteiger partial charge on any atom is -0.482 e. The van der Waals surface area contributed by atoms with E-state index in [0.29, 0.717) is 12.2 Å². The van der Waals surface area contributed by atoms with Gasteiger partial charge < -0.3 is 9.84 Å². The number of hydrogen-bond donors (Lipinski definition) is 2. The third kappa shape index (κ3) is 12.6. The second-order valence-electron chi connectivity index (χ2n) is 6.62. The largest absolute Gasteiger partial charge is 0.482 e. The van der Waals surface area contributed by atoms with Crippen molar-refractivity contribution in [3.05, 3.63) is 29.8 Å². The molecule has 0 bridgehead atoms. The molecule has 27 heavy (non-hydrogen) atoms. The molecule has 0 saturated heterocycles. The smallest absolute Gasteiger partial charge is 0.341 e. The Bertz CT molecular complexity index is 570. The molecule has 1 amide bonds. The van der Waals surface area contributed by atoms with Crippen molar-refractivity contribution in [2.24, 2.45) is 5.10 Å². The first-order valence-corrected chi connectivity index (χ1v) is 9.88. The Balaban J connectivity index is 2.09. The number of rotatable bonds is 15. The summed E-state index contributed by atoms with van der Waals surface area (Å²) < 4.78 is 5.05. The number of carboxylic acid groups (broad SMARTS) is 1. The highest BCUT2D eigenvalue weighted by Gasteiger charge is 2.00. The molecule has 0 unspecified atom stereocenters. The Hall–Kier alpha value is -2.37. The molecule has 0 heterocycles. The van der Waals surface area contributed by atoms with Gasteiger partial charge in [-0.3, -0.25) is 4.79 Å². The highest BCUT2D eigenvalue weighted by molar-refractivity contribution is 5.82. The minimum atomic E-state index is -1.02. The van der Waals surface area contributed by atoms with Crippen LogP contribution in [0.5, 0.6) is 5.75 Å². The number of carbonyl (C=O) groups excluding carboxylic acids is 1. The molecule has 6 heteroatoms. The van der Waals surface area contributed by atoms with Crippen molar-refractivity contribution in [1.29, 1.82) is 0 Å². The molecule has 0 radical (unpaired) electrons. The van der Waals surface area contributed by atoms with E-state index in [2.05, 4.69) is 17.5 Å². The van der Waals surface area contributed by atoms with E-state index >= 15 is 0 Å². The summed E-state index contributed by atoms with van der Waals surface area (Å²) in [6.45, 7) is 1.85. The first-order chi connectivity index (χ1) is 13.1. The molecule has 6 nitrogen and oxygen atoms in total. The molecule has 150 valence electrons. The zero-order chi connectivity index (χ0) is 19.7. The van der Waals surface area contributed by atoms with E-state index in [1.807, 2.05) is 0 Å². The fourth-order valence-corrected chi connectivity index (χ4v) is 2.63. The Morgan fingerprint density at radius 3 is 2.19 bits per heavy atom. The molecule has 0 aliphatic heterocycles. The molecule has 0 spiro atoms. The average molecular weight is 376 g/mol. The van der Waals surface area contributed by atoms with Crippen molar-refractivity contribution in [1.82, 2.24) is 5.43 Å². The van der Waals surface area contributed by atoms with E-state index < -0.39 is 5.97 Å². The van der Waals surface area contributed by atoms with Crippen LogP contribution >= 0.6 is 0 Å². The van der Waals surface area contributed by atoms with E-state index in [4.69, 9.17) is 9.84 Å². The van der Waals surface area contributed by atoms with Gasteiger partial charge in [0.05, 0.1) is 6.21 Å². The normalized spacial score (nSPS) is 10.9. The summed E-state index contributed by atoms with van der Waals surface area (Å²) in [5, 5.41) is 12.5. The van der Waals surface area contributed by atoms with Gasteiger partial charge in [-0.25, -0.2) is 10.2 Å². The number of carboxylic acids is 1. The van der Waals surface area contributed by atoms with E-state index in [9.17, 15) is 9.59 Å². The highest BCUT2D eigenvalue weighted by atomic mass is 16.5. The van der Waals surface area contributed by atoms with Crippen LogP contribution in [0.4, 0.5) is 0 Å². The van der Waals surface area contributed by atoms with Crippen molar-refractivity contribution >= 4 is 18.1 Å². The Kier molecular flexibility index (Phi) is 12.4. The number of aliphatic carboxylic acids is 1. The van der Waals surface area contributed by atoms with Crippen LogP contribution in [0.25, 0.3) is 0 Å². The predicted molar refractivity (Wildman–Crippen MR) is 107 cm³/mol. The van der Waals surface area contributed by atoms with E-state index in [1.54, 1.807) is 30.5 Å². The molecular weight excluding hydrogens is 344 g/mol. The Labute approximate surface area is 162 Å². The maximum Gasteiger partial charge on any atom is 0.341 e. The van der Waals surface area contributed by atoms with Crippen molar-refractivity contribution in [3.63, 3.8) is 0 Å². The summed E-state index contributed by atoms with van der Waals surface area (Å²) in [7, 11) is 0. The van der Waals surface area contributed by atoms with Gasteiger partial charge in [-0.05, 0) is 36.2 Å². The lowest BCUT2D eigenvalue weighted by molar-refractivity contribution is -0.139. The van der Waals surface area contributed by atoms with Crippen LogP contribution in [-0.4, -0.2) is 29.8 Å². The summed E-state index contributed by atoms with van der Waals surface area (Å²) in [4.78, 5) is 22.2. The summed E-state index contributed by atoms with van der Waals surface area (Å²) >= 11 is 0. The molecule has 0 fully saturated rings. The molecule has 0 aliphatic rings. The SMILES string of the molecule is CCCCCCCCCCCC(=O)N/N=C/c1ccc(OCC(=O)O)cc1. The summed E-state index contributed by atoms with van der Waals surface area (Å²) in [6, 6.07) is 6.81. The van der Waals surface area contributed by atoms with E-state index in [-0.39, 0.29) is 12.5 Å². The zero-order valence-electron chi connectivity index (χ0n) is 16.3. The number of hydrogen-bond acceptors (Lipinski definition) is 4. The van der Waals surface area contributed by atoms with Crippen LogP contribution in [0.3, 0.4) is 0 Å². The van der Waals surface area contributed by atoms with Gasteiger partial charge in [-0.2, -0.15) is 5.10 Å². The summed E-state index contributed by atoms with van der Waals surface area (Å²) in [6.07, 6.45) is 13.1. The van der Waals surface area contributed by atoms with Crippen LogP contribution in [0.1, 0.15) is 76.7 Å². The molecule has 1 aromatic rings. The second-order valence-corrected chi connectivity index (χ2v) is 6.62. The number of ether oxygens (including phenoxy) is 1. The van der Waals surface area contributed by atoms with Gasteiger partial charge in [0.1, 0.15) is 5.75 Å². The quantitative estimate of drug-likeness (QED) is 0.268. The number of nitrogens with zero attached hydrogens (tertiary/aromatic N) is 1. The van der Waals surface area contributed by atoms with Gasteiger partial charge in [0.15, 0.2) is 6.61 Å². The van der Waals surface area contributed by atoms with Gasteiger partial charge in [0.2, 0.25) is 5.91 Å². The molecule has 0 aromatic heterocycles. The first-order valence-electron chi connectivity index (χ1n) is 9.88. The molecule has 0 aliphatic carbocycles. The van der Waals surface area contributed by atoms with Crippen molar-refractivity contribution in [2.75, 3.05) is 6.61 Å². The number of carbonyl (C=O) groups is 2. The highest BCUT2D eigenvalue weighted by Crippen LogP contribution is 2.11. The Morgan fingerprint density at radius 1 is 1.00 bits per heavy atom. The topological polar surface area (TPSA) is 88.0 Å².